The fraction of sp³-hybridized carbons (Fsp3) is 0.522. The molecule has 2 aromatic rings. The van der Waals surface area contributed by atoms with Crippen LogP contribution in [0.4, 0.5) is 0 Å². The maximum absolute atomic E-state index is 10.7. The molecule has 3 N–H and O–H groups in total. The summed E-state index contributed by atoms with van der Waals surface area (Å²) < 4.78 is 11.3. The van der Waals surface area contributed by atoms with Crippen molar-refractivity contribution in [2.45, 2.75) is 26.0 Å². The van der Waals surface area contributed by atoms with Crippen LogP contribution >= 0.6 is 11.3 Å². The van der Waals surface area contributed by atoms with Gasteiger partial charge in [0, 0.05) is 26.2 Å². The van der Waals surface area contributed by atoms with Crippen molar-refractivity contribution in [1.82, 2.24) is 15.5 Å². The Balaban J connectivity index is 1.51. The predicted molar refractivity (Wildman–Crippen MR) is 126 cm³/mol. The molecule has 8 heteroatoms. The van der Waals surface area contributed by atoms with Crippen molar-refractivity contribution in [2.75, 3.05) is 52.5 Å². The van der Waals surface area contributed by atoms with Gasteiger partial charge in [-0.1, -0.05) is 12.1 Å². The van der Waals surface area contributed by atoms with Gasteiger partial charge in [0.25, 0.3) is 0 Å². The molecule has 1 atom stereocenters. The second-order valence-corrected chi connectivity index (χ2v) is 8.56. The summed E-state index contributed by atoms with van der Waals surface area (Å²) in [7, 11) is 0. The van der Waals surface area contributed by atoms with Gasteiger partial charge in [0.1, 0.15) is 18.0 Å². The third kappa shape index (κ3) is 7.81. The molecular formula is C23H34N4O3S. The van der Waals surface area contributed by atoms with E-state index in [1.165, 1.54) is 0 Å². The molecule has 170 valence electrons. The summed E-state index contributed by atoms with van der Waals surface area (Å²) in [5.74, 6) is 1.54. The number of thiophene rings is 1. The molecule has 0 aliphatic carbocycles. The summed E-state index contributed by atoms with van der Waals surface area (Å²) in [5, 5.41) is 21.2. The number of hydrogen-bond donors (Lipinski definition) is 3. The van der Waals surface area contributed by atoms with Gasteiger partial charge < -0.3 is 25.2 Å². The Morgan fingerprint density at radius 3 is 2.87 bits per heavy atom. The fourth-order valence-corrected chi connectivity index (χ4v) is 4.07. The first-order valence-corrected chi connectivity index (χ1v) is 11.8. The van der Waals surface area contributed by atoms with Gasteiger partial charge in [-0.2, -0.15) is 11.3 Å². The van der Waals surface area contributed by atoms with E-state index in [0.717, 1.165) is 56.3 Å². The molecule has 1 aliphatic rings. The van der Waals surface area contributed by atoms with Gasteiger partial charge in [0.15, 0.2) is 5.96 Å². The van der Waals surface area contributed by atoms with Gasteiger partial charge >= 0.3 is 0 Å². The van der Waals surface area contributed by atoms with Crippen LogP contribution in [0.3, 0.4) is 0 Å². The van der Waals surface area contributed by atoms with Crippen LogP contribution in [0.25, 0.3) is 0 Å². The minimum atomic E-state index is -0.954. The zero-order valence-electron chi connectivity index (χ0n) is 18.5. The maximum atomic E-state index is 10.7. The Morgan fingerprint density at radius 2 is 2.13 bits per heavy atom. The lowest BCUT2D eigenvalue weighted by molar-refractivity contribution is 0.0322. The number of guanidine groups is 1. The van der Waals surface area contributed by atoms with Crippen molar-refractivity contribution < 1.29 is 14.6 Å². The summed E-state index contributed by atoms with van der Waals surface area (Å²) in [4.78, 5) is 7.03. The highest BCUT2D eigenvalue weighted by Gasteiger charge is 2.23. The van der Waals surface area contributed by atoms with Gasteiger partial charge in [0.2, 0.25) is 0 Å². The SMILES string of the molecule is CCNC(=NCc1cccc(OCCN2CCOCC2)c1)NCC(C)(O)c1ccsc1. The molecule has 7 nitrogen and oxygen atoms in total. The smallest absolute Gasteiger partial charge is 0.191 e. The van der Waals surface area contributed by atoms with Crippen LogP contribution in [0.5, 0.6) is 5.75 Å². The third-order valence-electron chi connectivity index (χ3n) is 5.19. The molecule has 3 rings (SSSR count). The number of aliphatic imine (C=N–C) groups is 1. The van der Waals surface area contributed by atoms with E-state index in [2.05, 4.69) is 20.5 Å². The van der Waals surface area contributed by atoms with Crippen molar-refractivity contribution in [3.63, 3.8) is 0 Å². The number of benzene rings is 1. The molecular weight excluding hydrogens is 412 g/mol. The van der Waals surface area contributed by atoms with Crippen LogP contribution in [-0.2, 0) is 16.9 Å². The van der Waals surface area contributed by atoms with E-state index in [-0.39, 0.29) is 0 Å². The standard InChI is InChI=1S/C23H34N4O3S/c1-3-24-22(26-18-23(2,28)20-7-14-31-17-20)25-16-19-5-4-6-21(15-19)30-13-10-27-8-11-29-12-9-27/h4-7,14-15,17,28H,3,8-13,16,18H2,1-2H3,(H2,24,25,26). The number of rotatable bonds is 10. The van der Waals surface area contributed by atoms with Crippen LogP contribution in [0.15, 0.2) is 46.1 Å². The summed E-state index contributed by atoms with van der Waals surface area (Å²) in [6.45, 7) is 10.6. The first-order valence-electron chi connectivity index (χ1n) is 10.9. The number of hydrogen-bond acceptors (Lipinski definition) is 6. The van der Waals surface area contributed by atoms with E-state index in [9.17, 15) is 5.11 Å². The Hall–Kier alpha value is -2.13. The Labute approximate surface area is 189 Å². The Bertz CT molecular complexity index is 805. The third-order valence-corrected chi connectivity index (χ3v) is 5.87. The molecule has 0 radical (unpaired) electrons. The van der Waals surface area contributed by atoms with Gasteiger partial charge in [-0.3, -0.25) is 4.90 Å². The van der Waals surface area contributed by atoms with Crippen LogP contribution in [0, 0.1) is 0 Å². The average molecular weight is 447 g/mol. The molecule has 2 heterocycles. The van der Waals surface area contributed by atoms with Gasteiger partial charge in [-0.15, -0.1) is 0 Å². The highest BCUT2D eigenvalue weighted by molar-refractivity contribution is 7.08. The molecule has 1 aromatic carbocycles. The molecule has 1 unspecified atom stereocenters. The molecule has 1 saturated heterocycles. The van der Waals surface area contributed by atoms with Crippen molar-refractivity contribution in [2.24, 2.45) is 4.99 Å². The van der Waals surface area contributed by atoms with E-state index >= 15 is 0 Å². The molecule has 31 heavy (non-hydrogen) atoms. The van der Waals surface area contributed by atoms with E-state index in [1.54, 1.807) is 11.3 Å². The average Bonchev–Trinajstić information content (AvgIpc) is 3.33. The lowest BCUT2D eigenvalue weighted by Crippen LogP contribution is -2.44. The number of morpholine rings is 1. The summed E-state index contributed by atoms with van der Waals surface area (Å²) in [5.41, 5.74) is 1.03. The van der Waals surface area contributed by atoms with Crippen LogP contribution < -0.4 is 15.4 Å². The number of ether oxygens (including phenoxy) is 2. The van der Waals surface area contributed by atoms with E-state index in [1.807, 2.05) is 54.9 Å². The number of nitrogens with zero attached hydrogens (tertiary/aromatic N) is 2. The maximum Gasteiger partial charge on any atom is 0.191 e. The second kappa shape index (κ2) is 12.0. The van der Waals surface area contributed by atoms with Crippen molar-refractivity contribution in [3.05, 3.63) is 52.2 Å². The topological polar surface area (TPSA) is 78.4 Å². The highest BCUT2D eigenvalue weighted by atomic mass is 32.1. The van der Waals surface area contributed by atoms with Crippen molar-refractivity contribution >= 4 is 17.3 Å². The quantitative estimate of drug-likeness (QED) is 0.384. The number of aliphatic hydroxyl groups is 1. The van der Waals surface area contributed by atoms with Gasteiger partial charge in [0.05, 0.1) is 26.3 Å². The zero-order valence-corrected chi connectivity index (χ0v) is 19.3. The lowest BCUT2D eigenvalue weighted by Gasteiger charge is -2.26. The second-order valence-electron chi connectivity index (χ2n) is 7.78. The van der Waals surface area contributed by atoms with E-state index in [0.29, 0.717) is 25.7 Å². The predicted octanol–water partition coefficient (Wildman–Crippen LogP) is 2.42. The first kappa shape index (κ1) is 23.5. The molecule has 0 saturated carbocycles. The first-order chi connectivity index (χ1) is 15.1. The van der Waals surface area contributed by atoms with E-state index < -0.39 is 5.60 Å². The molecule has 0 amide bonds. The molecule has 1 aliphatic heterocycles. The number of nitrogens with one attached hydrogen (secondary N) is 2. The molecule has 1 fully saturated rings. The van der Waals surface area contributed by atoms with Crippen LogP contribution in [0.1, 0.15) is 25.0 Å². The normalized spacial score (nSPS) is 17.2. The zero-order chi connectivity index (χ0) is 21.9. The van der Waals surface area contributed by atoms with Crippen molar-refractivity contribution in [1.29, 1.82) is 0 Å². The largest absolute Gasteiger partial charge is 0.492 e. The minimum absolute atomic E-state index is 0.375. The molecule has 1 aromatic heterocycles. The van der Waals surface area contributed by atoms with Gasteiger partial charge in [-0.05, 0) is 53.9 Å². The molecule has 0 bridgehead atoms. The monoisotopic (exact) mass is 446 g/mol. The summed E-state index contributed by atoms with van der Waals surface area (Å²) >= 11 is 1.58. The van der Waals surface area contributed by atoms with Crippen molar-refractivity contribution in [3.8, 4) is 5.75 Å². The van der Waals surface area contributed by atoms with E-state index in [4.69, 9.17) is 9.47 Å². The Kier molecular flexibility index (Phi) is 9.14. The Morgan fingerprint density at radius 1 is 1.29 bits per heavy atom. The molecule has 0 spiro atoms. The summed E-state index contributed by atoms with van der Waals surface area (Å²) in [6.07, 6.45) is 0. The minimum Gasteiger partial charge on any atom is -0.492 e. The highest BCUT2D eigenvalue weighted by Crippen LogP contribution is 2.22. The fourth-order valence-electron chi connectivity index (χ4n) is 3.29. The van der Waals surface area contributed by atoms with Gasteiger partial charge in [-0.25, -0.2) is 4.99 Å². The summed E-state index contributed by atoms with van der Waals surface area (Å²) in [6, 6.07) is 10.0. The van der Waals surface area contributed by atoms with Crippen LogP contribution in [-0.4, -0.2) is 68.5 Å². The van der Waals surface area contributed by atoms with Crippen LogP contribution in [0.2, 0.25) is 0 Å². The lowest BCUT2D eigenvalue weighted by atomic mass is 9.99.